The maximum atomic E-state index is 10.1. The summed E-state index contributed by atoms with van der Waals surface area (Å²) in [6.07, 6.45) is 1.95. The van der Waals surface area contributed by atoms with Crippen LogP contribution in [0.15, 0.2) is 6.07 Å². The molecule has 1 rings (SSSR count). The second-order valence-corrected chi connectivity index (χ2v) is 5.54. The third kappa shape index (κ3) is 2.58. The van der Waals surface area contributed by atoms with Crippen LogP contribution < -0.4 is 0 Å². The molecule has 0 amide bonds. The van der Waals surface area contributed by atoms with E-state index in [4.69, 9.17) is 0 Å². The molecule has 0 saturated carbocycles. The molecule has 0 fully saturated rings. The Morgan fingerprint density at radius 2 is 2.07 bits per heavy atom. The third-order valence-corrected chi connectivity index (χ3v) is 3.66. The van der Waals surface area contributed by atoms with Gasteiger partial charge in [-0.1, -0.05) is 20.3 Å². The molecule has 2 heteroatoms. The van der Waals surface area contributed by atoms with Gasteiger partial charge >= 0.3 is 0 Å². The molecule has 1 nitrogen and oxygen atoms in total. The Kier molecular flexibility index (Phi) is 4.14. The molecule has 80 valence electrons. The van der Waals surface area contributed by atoms with E-state index in [9.17, 15) is 5.11 Å². The summed E-state index contributed by atoms with van der Waals surface area (Å²) in [5.41, 5.74) is 1.13. The summed E-state index contributed by atoms with van der Waals surface area (Å²) in [5.74, 6) is 0.368. The third-order valence-electron chi connectivity index (χ3n) is 2.68. The first-order valence-electron chi connectivity index (χ1n) is 5.31. The summed E-state index contributed by atoms with van der Waals surface area (Å²) in [7, 11) is 0. The summed E-state index contributed by atoms with van der Waals surface area (Å²) < 4.78 is 0. The van der Waals surface area contributed by atoms with Gasteiger partial charge in [-0.2, -0.15) is 0 Å². The number of hydrogen-bond donors (Lipinski definition) is 1. The van der Waals surface area contributed by atoms with Gasteiger partial charge in [0.15, 0.2) is 0 Å². The van der Waals surface area contributed by atoms with Crippen molar-refractivity contribution in [2.45, 2.75) is 46.6 Å². The van der Waals surface area contributed by atoms with E-state index in [0.29, 0.717) is 5.92 Å². The number of aliphatic hydroxyl groups excluding tert-OH is 1. The lowest BCUT2D eigenvalue weighted by molar-refractivity contribution is 0.112. The van der Waals surface area contributed by atoms with Gasteiger partial charge in [0.1, 0.15) is 0 Å². The van der Waals surface area contributed by atoms with Gasteiger partial charge in [0.25, 0.3) is 0 Å². The predicted octanol–water partition coefficient (Wildman–Crippen LogP) is 3.83. The smallest absolute Gasteiger partial charge is 0.0826 e. The maximum absolute atomic E-state index is 10.1. The van der Waals surface area contributed by atoms with E-state index in [1.807, 2.05) is 0 Å². The molecule has 0 aromatic carbocycles. The highest BCUT2D eigenvalue weighted by molar-refractivity contribution is 7.12. The Morgan fingerprint density at radius 3 is 2.50 bits per heavy atom. The van der Waals surface area contributed by atoms with Gasteiger partial charge in [0.05, 0.1) is 6.10 Å². The van der Waals surface area contributed by atoms with E-state index in [0.717, 1.165) is 18.4 Å². The molecule has 1 aromatic heterocycles. The highest BCUT2D eigenvalue weighted by atomic mass is 32.1. The lowest BCUT2D eigenvalue weighted by Crippen LogP contribution is -2.08. The molecule has 0 radical (unpaired) electrons. The lowest BCUT2D eigenvalue weighted by atomic mass is 9.94. The highest BCUT2D eigenvalue weighted by Gasteiger charge is 2.18. The Bertz CT molecular complexity index is 291. The fraction of sp³-hybridized carbons (Fsp3) is 0.667. The maximum Gasteiger partial charge on any atom is 0.0826 e. The molecular weight excluding hydrogens is 192 g/mol. The SMILES string of the molecule is CCCC(C)C(O)c1cc(C)sc1C. The first kappa shape index (κ1) is 11.7. The molecule has 0 saturated heterocycles. The number of rotatable bonds is 4. The summed E-state index contributed by atoms with van der Waals surface area (Å²) in [6, 6.07) is 2.12. The van der Waals surface area contributed by atoms with Crippen LogP contribution in [0.5, 0.6) is 0 Å². The van der Waals surface area contributed by atoms with Gasteiger partial charge in [-0.15, -0.1) is 11.3 Å². The van der Waals surface area contributed by atoms with E-state index in [1.165, 1.54) is 9.75 Å². The summed E-state index contributed by atoms with van der Waals surface area (Å²) >= 11 is 1.77. The molecule has 14 heavy (non-hydrogen) atoms. The quantitative estimate of drug-likeness (QED) is 0.804. The summed E-state index contributed by atoms with van der Waals surface area (Å²) in [5, 5.41) is 10.1. The van der Waals surface area contributed by atoms with E-state index in [2.05, 4.69) is 33.8 Å². The molecule has 2 unspecified atom stereocenters. The van der Waals surface area contributed by atoms with Crippen LogP contribution in [0.1, 0.15) is 48.1 Å². The average Bonchev–Trinajstić information content (AvgIpc) is 2.44. The molecule has 2 atom stereocenters. The second-order valence-electron chi connectivity index (χ2n) is 4.08. The van der Waals surface area contributed by atoms with Crippen molar-refractivity contribution in [3.63, 3.8) is 0 Å². The zero-order valence-electron chi connectivity index (χ0n) is 9.50. The first-order valence-corrected chi connectivity index (χ1v) is 6.13. The van der Waals surface area contributed by atoms with Crippen LogP contribution >= 0.6 is 11.3 Å². The molecule has 0 aliphatic rings. The van der Waals surface area contributed by atoms with Crippen LogP contribution in [-0.4, -0.2) is 5.11 Å². The van der Waals surface area contributed by atoms with Crippen molar-refractivity contribution in [2.75, 3.05) is 0 Å². The van der Waals surface area contributed by atoms with Crippen LogP contribution in [0.2, 0.25) is 0 Å². The monoisotopic (exact) mass is 212 g/mol. The van der Waals surface area contributed by atoms with E-state index < -0.39 is 0 Å². The van der Waals surface area contributed by atoms with Gasteiger partial charge in [0.2, 0.25) is 0 Å². The van der Waals surface area contributed by atoms with Crippen molar-refractivity contribution in [1.29, 1.82) is 0 Å². The topological polar surface area (TPSA) is 20.2 Å². The van der Waals surface area contributed by atoms with Crippen molar-refractivity contribution in [3.05, 3.63) is 21.4 Å². The number of hydrogen-bond acceptors (Lipinski definition) is 2. The van der Waals surface area contributed by atoms with Crippen LogP contribution in [0.25, 0.3) is 0 Å². The molecule has 0 bridgehead atoms. The molecule has 0 aliphatic carbocycles. The largest absolute Gasteiger partial charge is 0.388 e. The standard InChI is InChI=1S/C12H20OS/c1-5-6-8(2)12(13)11-7-9(3)14-10(11)4/h7-8,12-13H,5-6H2,1-4H3. The van der Waals surface area contributed by atoms with Crippen LogP contribution in [-0.2, 0) is 0 Å². The zero-order valence-corrected chi connectivity index (χ0v) is 10.3. The first-order chi connectivity index (χ1) is 6.56. The second kappa shape index (κ2) is 4.94. The fourth-order valence-corrected chi connectivity index (χ4v) is 2.83. The number of aliphatic hydroxyl groups is 1. The highest BCUT2D eigenvalue weighted by Crippen LogP contribution is 2.32. The normalized spacial score (nSPS) is 15.5. The molecule has 0 spiro atoms. The van der Waals surface area contributed by atoms with Crippen molar-refractivity contribution in [2.24, 2.45) is 5.92 Å². The minimum Gasteiger partial charge on any atom is -0.388 e. The molecule has 1 N–H and O–H groups in total. The van der Waals surface area contributed by atoms with Gasteiger partial charge in [-0.3, -0.25) is 0 Å². The van der Waals surface area contributed by atoms with Crippen LogP contribution in [0.3, 0.4) is 0 Å². The average molecular weight is 212 g/mol. The Balaban J connectivity index is 2.77. The van der Waals surface area contributed by atoms with Crippen molar-refractivity contribution in [3.8, 4) is 0 Å². The van der Waals surface area contributed by atoms with Crippen LogP contribution in [0, 0.1) is 19.8 Å². The van der Waals surface area contributed by atoms with Crippen molar-refractivity contribution >= 4 is 11.3 Å². The molecule has 0 aliphatic heterocycles. The van der Waals surface area contributed by atoms with Gasteiger partial charge in [-0.05, 0) is 37.8 Å². The predicted molar refractivity (Wildman–Crippen MR) is 62.8 cm³/mol. The van der Waals surface area contributed by atoms with Crippen LogP contribution in [0.4, 0.5) is 0 Å². The van der Waals surface area contributed by atoms with Gasteiger partial charge < -0.3 is 5.11 Å². The Morgan fingerprint density at radius 1 is 1.43 bits per heavy atom. The zero-order chi connectivity index (χ0) is 10.7. The summed E-state index contributed by atoms with van der Waals surface area (Å²) in [4.78, 5) is 2.55. The van der Waals surface area contributed by atoms with E-state index >= 15 is 0 Å². The number of thiophene rings is 1. The lowest BCUT2D eigenvalue weighted by Gasteiger charge is -2.18. The molecule has 1 heterocycles. The van der Waals surface area contributed by atoms with E-state index in [-0.39, 0.29) is 6.10 Å². The number of aryl methyl sites for hydroxylation is 2. The minimum absolute atomic E-state index is 0.278. The molecule has 1 aromatic rings. The Labute approximate surface area is 90.8 Å². The Hall–Kier alpha value is -0.340. The van der Waals surface area contributed by atoms with E-state index in [1.54, 1.807) is 11.3 Å². The van der Waals surface area contributed by atoms with Gasteiger partial charge in [0, 0.05) is 9.75 Å². The summed E-state index contributed by atoms with van der Waals surface area (Å²) in [6.45, 7) is 8.48. The van der Waals surface area contributed by atoms with Crippen molar-refractivity contribution < 1.29 is 5.11 Å². The van der Waals surface area contributed by atoms with Gasteiger partial charge in [-0.25, -0.2) is 0 Å². The van der Waals surface area contributed by atoms with Crippen molar-refractivity contribution in [1.82, 2.24) is 0 Å². The minimum atomic E-state index is -0.278. The molecular formula is C12H20OS. The fourth-order valence-electron chi connectivity index (χ4n) is 1.86.